The maximum atomic E-state index is 12.7. The summed E-state index contributed by atoms with van der Waals surface area (Å²) < 4.78 is 11.1. The van der Waals surface area contributed by atoms with Gasteiger partial charge in [-0.3, -0.25) is 14.6 Å². The number of aliphatic imine (C=N–C) groups is 1. The molecule has 9 heteroatoms. The maximum absolute atomic E-state index is 12.7. The van der Waals surface area contributed by atoms with Gasteiger partial charge in [0.25, 0.3) is 0 Å². The van der Waals surface area contributed by atoms with E-state index in [1.807, 2.05) is 52.0 Å². The zero-order chi connectivity index (χ0) is 25.8. The molecule has 1 aliphatic heterocycles. The Morgan fingerprint density at radius 1 is 1.11 bits per heavy atom. The number of benzene rings is 1. The maximum Gasteiger partial charge on any atom is 0.246 e. The van der Waals surface area contributed by atoms with E-state index in [1.165, 1.54) is 0 Å². The van der Waals surface area contributed by atoms with Gasteiger partial charge >= 0.3 is 0 Å². The fourth-order valence-corrected chi connectivity index (χ4v) is 3.92. The number of rotatable bonds is 10. The lowest BCUT2D eigenvalue weighted by Crippen LogP contribution is -2.37. The average molecular weight is 485 g/mol. The lowest BCUT2D eigenvalue weighted by molar-refractivity contribution is -0.132. The molecule has 0 radical (unpaired) electrons. The molecule has 35 heavy (non-hydrogen) atoms. The van der Waals surface area contributed by atoms with Crippen LogP contribution >= 0.6 is 0 Å². The largest absolute Gasteiger partial charge is 0.390 e. The van der Waals surface area contributed by atoms with Gasteiger partial charge in [0.2, 0.25) is 11.8 Å². The number of anilines is 1. The quantitative estimate of drug-likeness (QED) is 0.475. The van der Waals surface area contributed by atoms with Crippen LogP contribution in [0.5, 0.6) is 0 Å². The summed E-state index contributed by atoms with van der Waals surface area (Å²) in [5, 5.41) is 16.9. The fourth-order valence-electron chi connectivity index (χ4n) is 3.92. The van der Waals surface area contributed by atoms with Crippen molar-refractivity contribution in [2.24, 2.45) is 4.99 Å². The van der Waals surface area contributed by atoms with Crippen LogP contribution in [0.15, 0.2) is 29.3 Å². The Bertz CT molecular complexity index is 1120. The number of aliphatic hydroxyl groups is 1. The zero-order valence-electron chi connectivity index (χ0n) is 21.4. The number of carbonyl (C=O) groups is 2. The lowest BCUT2D eigenvalue weighted by Gasteiger charge is -2.24. The summed E-state index contributed by atoms with van der Waals surface area (Å²) in [5.74, 6) is -0.675. The van der Waals surface area contributed by atoms with E-state index in [2.05, 4.69) is 15.6 Å². The number of aromatic nitrogens is 1. The number of nitrogens with zero attached hydrogens (tertiary/aromatic N) is 2. The first-order valence-electron chi connectivity index (χ1n) is 11.9. The third-order valence-electron chi connectivity index (χ3n) is 5.41. The van der Waals surface area contributed by atoms with Crippen LogP contribution in [0.3, 0.4) is 0 Å². The van der Waals surface area contributed by atoms with Crippen LogP contribution in [0.4, 0.5) is 11.5 Å². The molecule has 3 rings (SSSR count). The summed E-state index contributed by atoms with van der Waals surface area (Å²) in [7, 11) is 0. The van der Waals surface area contributed by atoms with E-state index in [1.54, 1.807) is 13.8 Å². The second-order valence-electron chi connectivity index (χ2n) is 10.3. The first kappa shape index (κ1) is 26.7. The van der Waals surface area contributed by atoms with Crippen molar-refractivity contribution in [1.82, 2.24) is 10.3 Å². The third kappa shape index (κ3) is 7.30. The fraction of sp³-hybridized carbons (Fsp3) is 0.538. The van der Waals surface area contributed by atoms with Gasteiger partial charge in [-0.25, -0.2) is 4.98 Å². The molecule has 0 fully saturated rings. The summed E-state index contributed by atoms with van der Waals surface area (Å²) in [4.78, 5) is 34.2. The molecule has 0 spiro atoms. The first-order valence-corrected chi connectivity index (χ1v) is 11.9. The zero-order valence-corrected chi connectivity index (χ0v) is 21.4. The summed E-state index contributed by atoms with van der Waals surface area (Å²) in [5.41, 5.74) is 1.56. The molecule has 1 aromatic heterocycles. The highest BCUT2D eigenvalue weighted by molar-refractivity contribution is 6.09. The van der Waals surface area contributed by atoms with Crippen LogP contribution in [0.1, 0.15) is 59.4 Å². The Balaban J connectivity index is 1.88. The van der Waals surface area contributed by atoms with Crippen molar-refractivity contribution in [3.63, 3.8) is 0 Å². The normalized spacial score (nSPS) is 15.6. The summed E-state index contributed by atoms with van der Waals surface area (Å²) in [6, 6.07) is 7.65. The van der Waals surface area contributed by atoms with E-state index >= 15 is 0 Å². The number of amides is 2. The van der Waals surface area contributed by atoms with Gasteiger partial charge < -0.3 is 25.2 Å². The van der Waals surface area contributed by atoms with Crippen LogP contribution in [0, 0.1) is 0 Å². The standard InChI is InChI=1S/C26H36N4O5/c1-7-34-14-19-17(12-26(5,6)33)22-16-10-8-9-11-18(16)29-24(23(22)28-19)30-20(31)13-27-21(32)15-35-25(2,3)4/h8-11,17,33H,7,12-15H2,1-6H3,(H,27,32)(H,29,30,31). The van der Waals surface area contributed by atoms with E-state index in [4.69, 9.17) is 14.5 Å². The summed E-state index contributed by atoms with van der Waals surface area (Å²) in [6.45, 7) is 11.5. The van der Waals surface area contributed by atoms with Crippen molar-refractivity contribution >= 4 is 39.9 Å². The highest BCUT2D eigenvalue weighted by Crippen LogP contribution is 2.46. The monoisotopic (exact) mass is 484 g/mol. The van der Waals surface area contributed by atoms with Gasteiger partial charge in [0, 0.05) is 17.9 Å². The van der Waals surface area contributed by atoms with Gasteiger partial charge in [0.1, 0.15) is 12.3 Å². The number of pyridine rings is 1. The molecule has 1 unspecified atom stereocenters. The van der Waals surface area contributed by atoms with Gasteiger partial charge in [0.05, 0.1) is 35.6 Å². The molecule has 0 saturated heterocycles. The molecule has 0 aliphatic carbocycles. The number of carbonyl (C=O) groups excluding carboxylic acids is 2. The van der Waals surface area contributed by atoms with Crippen molar-refractivity contribution in [1.29, 1.82) is 0 Å². The topological polar surface area (TPSA) is 122 Å². The molecule has 2 amide bonds. The highest BCUT2D eigenvalue weighted by atomic mass is 16.5. The second-order valence-corrected chi connectivity index (χ2v) is 10.3. The van der Waals surface area contributed by atoms with Crippen molar-refractivity contribution in [2.75, 3.05) is 31.7 Å². The van der Waals surface area contributed by atoms with Crippen LogP contribution in [0.25, 0.3) is 10.9 Å². The Morgan fingerprint density at radius 2 is 1.83 bits per heavy atom. The molecule has 9 nitrogen and oxygen atoms in total. The van der Waals surface area contributed by atoms with Crippen LogP contribution in [0.2, 0.25) is 0 Å². The molecule has 1 aromatic carbocycles. The average Bonchev–Trinajstić information content (AvgIpc) is 3.11. The number of hydrogen-bond donors (Lipinski definition) is 3. The van der Waals surface area contributed by atoms with E-state index in [0.29, 0.717) is 36.7 Å². The second kappa shape index (κ2) is 10.8. The molecule has 1 aliphatic rings. The van der Waals surface area contributed by atoms with Crippen LogP contribution < -0.4 is 10.6 Å². The molecular weight excluding hydrogens is 448 g/mol. The van der Waals surface area contributed by atoms with Gasteiger partial charge in [-0.15, -0.1) is 0 Å². The SMILES string of the molecule is CCOCC1=Nc2c(NC(=O)CNC(=O)COC(C)(C)C)nc3ccccc3c2C1CC(C)(C)O. The minimum absolute atomic E-state index is 0.135. The molecular formula is C26H36N4O5. The number of nitrogens with one attached hydrogen (secondary N) is 2. The van der Waals surface area contributed by atoms with Gasteiger partial charge in [-0.2, -0.15) is 0 Å². The Labute approximate surface area is 206 Å². The predicted molar refractivity (Wildman–Crippen MR) is 136 cm³/mol. The molecule has 3 N–H and O–H groups in total. The summed E-state index contributed by atoms with van der Waals surface area (Å²) >= 11 is 0. The highest BCUT2D eigenvalue weighted by Gasteiger charge is 2.35. The minimum atomic E-state index is -0.938. The Kier molecular flexibility index (Phi) is 8.25. The van der Waals surface area contributed by atoms with Gasteiger partial charge in [-0.05, 0) is 59.6 Å². The smallest absolute Gasteiger partial charge is 0.246 e. The number of para-hydroxylation sites is 1. The van der Waals surface area contributed by atoms with Crippen molar-refractivity contribution in [2.45, 2.75) is 65.1 Å². The van der Waals surface area contributed by atoms with Crippen molar-refractivity contribution in [3.05, 3.63) is 29.8 Å². The van der Waals surface area contributed by atoms with Crippen LogP contribution in [-0.4, -0.2) is 65.2 Å². The van der Waals surface area contributed by atoms with E-state index in [9.17, 15) is 14.7 Å². The van der Waals surface area contributed by atoms with Crippen molar-refractivity contribution in [3.8, 4) is 0 Å². The summed E-state index contributed by atoms with van der Waals surface area (Å²) in [6.07, 6.45) is 0.442. The molecule has 0 bridgehead atoms. The number of hydrogen-bond acceptors (Lipinski definition) is 7. The molecule has 0 saturated carbocycles. The van der Waals surface area contributed by atoms with E-state index < -0.39 is 17.1 Å². The van der Waals surface area contributed by atoms with Gasteiger partial charge in [0.15, 0.2) is 5.82 Å². The Morgan fingerprint density at radius 3 is 2.49 bits per heavy atom. The predicted octanol–water partition coefficient (Wildman–Crippen LogP) is 3.47. The molecule has 2 aromatic rings. The van der Waals surface area contributed by atoms with Gasteiger partial charge in [-0.1, -0.05) is 18.2 Å². The lowest BCUT2D eigenvalue weighted by atomic mass is 9.84. The number of ether oxygens (including phenoxy) is 2. The van der Waals surface area contributed by atoms with Crippen molar-refractivity contribution < 1.29 is 24.2 Å². The van der Waals surface area contributed by atoms with E-state index in [-0.39, 0.29) is 25.0 Å². The molecule has 1 atom stereocenters. The minimum Gasteiger partial charge on any atom is -0.390 e. The molecule has 190 valence electrons. The molecule has 2 heterocycles. The van der Waals surface area contributed by atoms with E-state index in [0.717, 1.165) is 16.7 Å². The number of fused-ring (bicyclic) bond motifs is 3. The first-order chi connectivity index (χ1) is 16.4. The third-order valence-corrected chi connectivity index (χ3v) is 5.41. The Hall–Kier alpha value is -2.88. The van der Waals surface area contributed by atoms with Crippen LogP contribution in [-0.2, 0) is 19.1 Å².